The van der Waals surface area contributed by atoms with E-state index in [1.165, 1.54) is 6.20 Å². The van der Waals surface area contributed by atoms with E-state index in [1.807, 2.05) is 27.7 Å². The summed E-state index contributed by atoms with van der Waals surface area (Å²) in [7, 11) is 0. The first kappa shape index (κ1) is 17.2. The Balaban J connectivity index is 2.34. The maximum absolute atomic E-state index is 11.7. The van der Waals surface area contributed by atoms with Gasteiger partial charge in [0.15, 0.2) is 0 Å². The fourth-order valence-corrected chi connectivity index (χ4v) is 1.67. The van der Waals surface area contributed by atoms with Crippen molar-refractivity contribution in [2.24, 2.45) is 0 Å². The van der Waals surface area contributed by atoms with Crippen LogP contribution in [0.1, 0.15) is 39.8 Å². The summed E-state index contributed by atoms with van der Waals surface area (Å²) in [5.41, 5.74) is 0.339. The lowest BCUT2D eigenvalue weighted by Gasteiger charge is -2.23. The third-order valence-electron chi connectivity index (χ3n) is 2.72. The number of pyridine rings is 1. The molecule has 0 saturated heterocycles. The quantitative estimate of drug-likeness (QED) is 0.749. The Morgan fingerprint density at radius 3 is 2.67 bits per heavy atom. The summed E-state index contributed by atoms with van der Waals surface area (Å²) in [5, 5.41) is 15.2. The lowest BCUT2D eigenvalue weighted by atomic mass is 10.2. The van der Waals surface area contributed by atoms with Crippen molar-refractivity contribution in [1.82, 2.24) is 15.6 Å². The highest BCUT2D eigenvalue weighted by Gasteiger charge is 2.18. The number of carbonyl (C=O) groups excluding carboxylic acids is 1. The Hall–Kier alpha value is -1.82. The van der Waals surface area contributed by atoms with Gasteiger partial charge in [-0.15, -0.1) is 0 Å². The lowest BCUT2D eigenvalue weighted by molar-refractivity contribution is 0.0502. The molecule has 118 valence electrons. The molecule has 0 spiro atoms. The second-order valence-corrected chi connectivity index (χ2v) is 5.89. The van der Waals surface area contributed by atoms with Crippen LogP contribution in [-0.2, 0) is 11.3 Å². The molecular formula is C15H25N3O3. The fourth-order valence-electron chi connectivity index (χ4n) is 1.67. The summed E-state index contributed by atoms with van der Waals surface area (Å²) in [4.78, 5) is 15.8. The van der Waals surface area contributed by atoms with Gasteiger partial charge in [0.25, 0.3) is 0 Å². The number of amides is 1. The Morgan fingerprint density at radius 2 is 2.14 bits per heavy atom. The van der Waals surface area contributed by atoms with Crippen LogP contribution in [0.2, 0.25) is 0 Å². The van der Waals surface area contributed by atoms with E-state index >= 15 is 0 Å². The van der Waals surface area contributed by atoms with Gasteiger partial charge >= 0.3 is 6.09 Å². The molecule has 0 aliphatic heterocycles. The van der Waals surface area contributed by atoms with Crippen LogP contribution in [0.25, 0.3) is 0 Å². The summed E-state index contributed by atoms with van der Waals surface area (Å²) < 4.78 is 5.23. The van der Waals surface area contributed by atoms with E-state index in [9.17, 15) is 4.79 Å². The molecule has 1 aromatic heterocycles. The second-order valence-electron chi connectivity index (χ2n) is 5.89. The highest BCUT2D eigenvalue weighted by molar-refractivity contribution is 5.68. The molecule has 1 amide bonds. The van der Waals surface area contributed by atoms with Crippen molar-refractivity contribution in [2.75, 3.05) is 6.54 Å². The Morgan fingerprint density at radius 1 is 1.43 bits per heavy atom. The first-order chi connectivity index (χ1) is 9.80. The smallest absolute Gasteiger partial charge is 0.407 e. The molecule has 6 heteroatoms. The maximum Gasteiger partial charge on any atom is 0.407 e. The van der Waals surface area contributed by atoms with Crippen molar-refractivity contribution >= 4 is 6.09 Å². The second kappa shape index (κ2) is 7.83. The van der Waals surface area contributed by atoms with Gasteiger partial charge in [-0.1, -0.05) is 6.92 Å². The van der Waals surface area contributed by atoms with Crippen LogP contribution in [-0.4, -0.2) is 34.4 Å². The van der Waals surface area contributed by atoms with Crippen molar-refractivity contribution in [3.63, 3.8) is 0 Å². The van der Waals surface area contributed by atoms with E-state index in [0.29, 0.717) is 13.1 Å². The van der Waals surface area contributed by atoms with Gasteiger partial charge < -0.3 is 20.5 Å². The number of aromatic hydroxyl groups is 1. The molecule has 0 saturated carbocycles. The molecule has 0 aromatic carbocycles. The number of hydrogen-bond acceptors (Lipinski definition) is 5. The number of alkyl carbamates (subject to hydrolysis) is 1. The zero-order chi connectivity index (χ0) is 15.9. The topological polar surface area (TPSA) is 83.5 Å². The van der Waals surface area contributed by atoms with E-state index in [1.54, 1.807) is 12.1 Å². The highest BCUT2D eigenvalue weighted by Crippen LogP contribution is 2.07. The normalized spacial score (nSPS) is 12.8. The lowest BCUT2D eigenvalue weighted by Crippen LogP contribution is -2.43. The van der Waals surface area contributed by atoms with E-state index in [4.69, 9.17) is 9.84 Å². The van der Waals surface area contributed by atoms with Crippen molar-refractivity contribution in [3.8, 4) is 5.75 Å². The Labute approximate surface area is 125 Å². The third-order valence-corrected chi connectivity index (χ3v) is 2.72. The first-order valence-electron chi connectivity index (χ1n) is 7.14. The van der Waals surface area contributed by atoms with Gasteiger partial charge in [0.2, 0.25) is 0 Å². The van der Waals surface area contributed by atoms with Crippen LogP contribution in [0.3, 0.4) is 0 Å². The van der Waals surface area contributed by atoms with Gasteiger partial charge in [0.05, 0.1) is 11.9 Å². The molecule has 3 N–H and O–H groups in total. The van der Waals surface area contributed by atoms with E-state index < -0.39 is 11.7 Å². The van der Waals surface area contributed by atoms with E-state index in [0.717, 1.165) is 12.1 Å². The van der Waals surface area contributed by atoms with E-state index in [2.05, 4.69) is 15.6 Å². The average Bonchev–Trinajstić information content (AvgIpc) is 2.37. The molecule has 6 nitrogen and oxygen atoms in total. The van der Waals surface area contributed by atoms with E-state index in [-0.39, 0.29) is 11.8 Å². The number of rotatable bonds is 6. The molecule has 0 radical (unpaired) electrons. The predicted molar refractivity (Wildman–Crippen MR) is 81.1 cm³/mol. The molecule has 1 aromatic rings. The SMILES string of the molecule is CCC(CNCc1ccc(O)cn1)NC(=O)OC(C)(C)C. The molecular weight excluding hydrogens is 270 g/mol. The van der Waals surface area contributed by atoms with Gasteiger partial charge in [-0.2, -0.15) is 0 Å². The molecule has 0 aliphatic carbocycles. The van der Waals surface area contributed by atoms with Crippen LogP contribution >= 0.6 is 0 Å². The van der Waals surface area contributed by atoms with Crippen LogP contribution in [0, 0.1) is 0 Å². The molecule has 1 atom stereocenters. The van der Waals surface area contributed by atoms with Crippen molar-refractivity contribution in [3.05, 3.63) is 24.0 Å². The standard InChI is InChI=1S/C15H25N3O3/c1-5-11(18-14(20)21-15(2,3)4)8-16-9-12-6-7-13(19)10-17-12/h6-7,10-11,16,19H,5,8-9H2,1-4H3,(H,18,20). The van der Waals surface area contributed by atoms with Gasteiger partial charge in [0, 0.05) is 19.1 Å². The van der Waals surface area contributed by atoms with Crippen molar-refractivity contribution in [2.45, 2.75) is 52.3 Å². The molecule has 1 rings (SSSR count). The third kappa shape index (κ3) is 7.51. The fraction of sp³-hybridized carbons (Fsp3) is 0.600. The number of nitrogens with zero attached hydrogens (tertiary/aromatic N) is 1. The van der Waals surface area contributed by atoms with Gasteiger partial charge in [-0.3, -0.25) is 4.98 Å². The minimum atomic E-state index is -0.494. The zero-order valence-corrected chi connectivity index (χ0v) is 13.1. The van der Waals surface area contributed by atoms with Crippen LogP contribution in [0.4, 0.5) is 4.79 Å². The molecule has 1 unspecified atom stereocenters. The zero-order valence-electron chi connectivity index (χ0n) is 13.1. The van der Waals surface area contributed by atoms with Gasteiger partial charge in [-0.25, -0.2) is 4.79 Å². The van der Waals surface area contributed by atoms with Crippen molar-refractivity contribution in [1.29, 1.82) is 0 Å². The molecule has 0 fully saturated rings. The van der Waals surface area contributed by atoms with Gasteiger partial charge in [0.1, 0.15) is 11.4 Å². The number of hydrogen-bond donors (Lipinski definition) is 3. The summed E-state index contributed by atoms with van der Waals surface area (Å²) >= 11 is 0. The Kier molecular flexibility index (Phi) is 6.42. The number of ether oxygens (including phenoxy) is 1. The highest BCUT2D eigenvalue weighted by atomic mass is 16.6. The maximum atomic E-state index is 11.7. The van der Waals surface area contributed by atoms with Crippen LogP contribution < -0.4 is 10.6 Å². The Bertz CT molecular complexity index is 440. The van der Waals surface area contributed by atoms with Gasteiger partial charge in [-0.05, 0) is 39.3 Å². The first-order valence-corrected chi connectivity index (χ1v) is 7.14. The molecule has 0 aliphatic rings. The predicted octanol–water partition coefficient (Wildman–Crippen LogP) is 2.18. The van der Waals surface area contributed by atoms with Crippen LogP contribution in [0.5, 0.6) is 5.75 Å². The monoisotopic (exact) mass is 295 g/mol. The van der Waals surface area contributed by atoms with Crippen molar-refractivity contribution < 1.29 is 14.6 Å². The largest absolute Gasteiger partial charge is 0.506 e. The van der Waals surface area contributed by atoms with Crippen LogP contribution in [0.15, 0.2) is 18.3 Å². The minimum absolute atomic E-state index is 0.00281. The number of carbonyl (C=O) groups is 1. The summed E-state index contributed by atoms with van der Waals surface area (Å²) in [6.45, 7) is 8.71. The average molecular weight is 295 g/mol. The molecule has 0 bridgehead atoms. The summed E-state index contributed by atoms with van der Waals surface area (Å²) in [6, 6.07) is 3.35. The molecule has 1 heterocycles. The number of aromatic nitrogens is 1. The summed E-state index contributed by atoms with van der Waals surface area (Å²) in [5.74, 6) is 0.150. The molecule has 21 heavy (non-hydrogen) atoms. The summed E-state index contributed by atoms with van der Waals surface area (Å²) in [6.07, 6.45) is 1.81. The number of nitrogens with one attached hydrogen (secondary N) is 2. The minimum Gasteiger partial charge on any atom is -0.506 e.